The molecule has 0 saturated heterocycles. The van der Waals surface area contributed by atoms with Crippen LogP contribution in [0.15, 0.2) is 96.4 Å². The molecular formula is C26H24N6OS. The van der Waals surface area contributed by atoms with Crippen molar-refractivity contribution in [2.45, 2.75) is 23.9 Å². The summed E-state index contributed by atoms with van der Waals surface area (Å²) in [6.07, 6.45) is 1.72. The number of pyridine rings is 1. The van der Waals surface area contributed by atoms with Gasteiger partial charge in [-0.3, -0.25) is 9.78 Å². The molecule has 0 saturated carbocycles. The Balaban J connectivity index is 1.48. The average Bonchev–Trinajstić information content (AvgIpc) is 3.26. The standard InChI is InChI=1S/C26H24N6OS/c1-17-10-6-7-13-20(17)29-24(33)22-18(2)28-25-30-26(34-16-19-11-4-3-5-12-19)31-32(25)23(22)21-14-8-9-15-27-21/h3-15,22-23H,2,16H2,1H3,(H,29,33)(H,28,30,31). The highest BCUT2D eigenvalue weighted by Crippen LogP contribution is 2.38. The molecule has 34 heavy (non-hydrogen) atoms. The topological polar surface area (TPSA) is 84.7 Å². The molecule has 1 aliphatic heterocycles. The number of para-hydroxylation sites is 1. The third kappa shape index (κ3) is 4.45. The zero-order valence-electron chi connectivity index (χ0n) is 18.7. The van der Waals surface area contributed by atoms with Crippen molar-refractivity contribution in [3.63, 3.8) is 0 Å². The predicted octanol–water partition coefficient (Wildman–Crippen LogP) is 5.06. The molecule has 0 spiro atoms. The summed E-state index contributed by atoms with van der Waals surface area (Å²) in [6.45, 7) is 6.13. The lowest BCUT2D eigenvalue weighted by Crippen LogP contribution is -2.40. The third-order valence-electron chi connectivity index (χ3n) is 5.73. The number of fused-ring (bicyclic) bond motifs is 1. The Bertz CT molecular complexity index is 1320. The number of carbonyl (C=O) groups excluding carboxylic acids is 1. The first kappa shape index (κ1) is 21.9. The number of thioether (sulfide) groups is 1. The van der Waals surface area contributed by atoms with Gasteiger partial charge < -0.3 is 10.6 Å². The Morgan fingerprint density at radius 1 is 1.09 bits per heavy atom. The molecule has 0 radical (unpaired) electrons. The number of hydrogen-bond donors (Lipinski definition) is 2. The number of rotatable bonds is 6. The Labute approximate surface area is 202 Å². The van der Waals surface area contributed by atoms with E-state index in [1.54, 1.807) is 22.6 Å². The van der Waals surface area contributed by atoms with E-state index in [1.807, 2.05) is 67.6 Å². The number of nitrogens with one attached hydrogen (secondary N) is 2. The third-order valence-corrected chi connectivity index (χ3v) is 6.63. The number of aromatic nitrogens is 4. The predicted molar refractivity (Wildman–Crippen MR) is 134 cm³/mol. The van der Waals surface area contributed by atoms with E-state index in [0.717, 1.165) is 22.7 Å². The highest BCUT2D eigenvalue weighted by Gasteiger charge is 2.41. The van der Waals surface area contributed by atoms with E-state index in [-0.39, 0.29) is 5.91 Å². The molecule has 7 nitrogen and oxygen atoms in total. The van der Waals surface area contributed by atoms with Crippen molar-refractivity contribution in [1.82, 2.24) is 19.7 Å². The molecule has 0 fully saturated rings. The van der Waals surface area contributed by atoms with Crippen LogP contribution in [0.2, 0.25) is 0 Å². The Kier molecular flexibility index (Phi) is 6.14. The van der Waals surface area contributed by atoms with Gasteiger partial charge in [-0.1, -0.05) is 72.9 Å². The highest BCUT2D eigenvalue weighted by atomic mass is 32.2. The average molecular weight is 469 g/mol. The van der Waals surface area contributed by atoms with Gasteiger partial charge in [-0.05, 0) is 36.2 Å². The first-order valence-corrected chi connectivity index (χ1v) is 12.0. The van der Waals surface area contributed by atoms with Crippen LogP contribution in [0, 0.1) is 12.8 Å². The second-order valence-electron chi connectivity index (χ2n) is 8.07. The van der Waals surface area contributed by atoms with E-state index in [9.17, 15) is 4.79 Å². The first-order chi connectivity index (χ1) is 16.6. The number of nitrogens with zero attached hydrogens (tertiary/aromatic N) is 4. The number of benzene rings is 2. The van der Waals surface area contributed by atoms with Crippen molar-refractivity contribution < 1.29 is 4.79 Å². The maximum Gasteiger partial charge on any atom is 0.236 e. The van der Waals surface area contributed by atoms with Gasteiger partial charge in [0.1, 0.15) is 12.0 Å². The zero-order valence-corrected chi connectivity index (χ0v) is 19.5. The van der Waals surface area contributed by atoms with Crippen molar-refractivity contribution in [3.8, 4) is 0 Å². The maximum absolute atomic E-state index is 13.5. The second-order valence-corrected chi connectivity index (χ2v) is 9.01. The van der Waals surface area contributed by atoms with Crippen molar-refractivity contribution in [3.05, 3.63) is 108 Å². The van der Waals surface area contributed by atoms with E-state index in [1.165, 1.54) is 5.56 Å². The molecule has 1 amide bonds. The van der Waals surface area contributed by atoms with Crippen molar-refractivity contribution >= 4 is 29.3 Å². The van der Waals surface area contributed by atoms with Gasteiger partial charge in [-0.15, -0.1) is 5.10 Å². The van der Waals surface area contributed by atoms with E-state index in [2.05, 4.69) is 39.3 Å². The fourth-order valence-corrected chi connectivity index (χ4v) is 4.78. The molecule has 4 aromatic rings. The molecule has 8 heteroatoms. The summed E-state index contributed by atoms with van der Waals surface area (Å²) in [5.74, 6) is 0.491. The molecule has 5 rings (SSSR count). The SMILES string of the molecule is C=C1Nc2nc(SCc3ccccc3)nn2C(c2ccccn2)C1C(=O)Nc1ccccc1C. The lowest BCUT2D eigenvalue weighted by molar-refractivity contribution is -0.119. The van der Waals surface area contributed by atoms with Crippen LogP contribution < -0.4 is 10.6 Å². The number of aryl methyl sites for hydroxylation is 1. The van der Waals surface area contributed by atoms with Crippen LogP contribution in [-0.2, 0) is 10.5 Å². The van der Waals surface area contributed by atoms with Crippen molar-refractivity contribution in [2.24, 2.45) is 5.92 Å². The molecule has 2 aromatic carbocycles. The number of amides is 1. The minimum absolute atomic E-state index is 0.179. The Morgan fingerprint density at radius 2 is 1.85 bits per heavy atom. The highest BCUT2D eigenvalue weighted by molar-refractivity contribution is 7.98. The van der Waals surface area contributed by atoms with Gasteiger partial charge in [0, 0.05) is 23.3 Å². The van der Waals surface area contributed by atoms with Crippen LogP contribution in [0.3, 0.4) is 0 Å². The van der Waals surface area contributed by atoms with E-state index in [4.69, 9.17) is 5.10 Å². The molecule has 2 unspecified atom stereocenters. The van der Waals surface area contributed by atoms with Crippen LogP contribution in [0.1, 0.15) is 22.9 Å². The van der Waals surface area contributed by atoms with Gasteiger partial charge in [-0.2, -0.15) is 4.98 Å². The normalized spacial score (nSPS) is 17.0. The first-order valence-electron chi connectivity index (χ1n) is 11.0. The molecule has 0 bridgehead atoms. The van der Waals surface area contributed by atoms with Crippen LogP contribution in [0.25, 0.3) is 0 Å². The van der Waals surface area contributed by atoms with Gasteiger partial charge in [0.2, 0.25) is 17.0 Å². The summed E-state index contributed by atoms with van der Waals surface area (Å²) in [5.41, 5.74) is 4.22. The Morgan fingerprint density at radius 3 is 2.62 bits per heavy atom. The molecular weight excluding hydrogens is 444 g/mol. The summed E-state index contributed by atoms with van der Waals surface area (Å²) in [6, 6.07) is 23.1. The minimum Gasteiger partial charge on any atom is -0.328 e. The molecule has 3 heterocycles. The van der Waals surface area contributed by atoms with Gasteiger partial charge >= 0.3 is 0 Å². The van der Waals surface area contributed by atoms with E-state index < -0.39 is 12.0 Å². The van der Waals surface area contributed by atoms with Gasteiger partial charge in [0.05, 0.1) is 5.69 Å². The lowest BCUT2D eigenvalue weighted by atomic mass is 9.91. The van der Waals surface area contributed by atoms with E-state index in [0.29, 0.717) is 16.8 Å². The van der Waals surface area contributed by atoms with Crippen LogP contribution >= 0.6 is 11.8 Å². The largest absolute Gasteiger partial charge is 0.328 e. The molecule has 170 valence electrons. The molecule has 2 atom stereocenters. The van der Waals surface area contributed by atoms with Crippen LogP contribution in [0.5, 0.6) is 0 Å². The molecule has 1 aliphatic rings. The fourth-order valence-electron chi connectivity index (χ4n) is 3.99. The number of carbonyl (C=O) groups is 1. The van der Waals surface area contributed by atoms with Crippen LogP contribution in [-0.4, -0.2) is 25.7 Å². The smallest absolute Gasteiger partial charge is 0.236 e. The number of hydrogen-bond acceptors (Lipinski definition) is 6. The molecule has 2 N–H and O–H groups in total. The second kappa shape index (κ2) is 9.52. The van der Waals surface area contributed by atoms with Gasteiger partial charge in [0.15, 0.2) is 0 Å². The fraction of sp³-hybridized carbons (Fsp3) is 0.154. The van der Waals surface area contributed by atoms with Gasteiger partial charge in [-0.25, -0.2) is 4.68 Å². The molecule has 0 aliphatic carbocycles. The summed E-state index contributed by atoms with van der Waals surface area (Å²) < 4.78 is 1.76. The minimum atomic E-state index is -0.629. The number of anilines is 2. The summed E-state index contributed by atoms with van der Waals surface area (Å²) in [7, 11) is 0. The maximum atomic E-state index is 13.5. The monoisotopic (exact) mass is 468 g/mol. The summed E-state index contributed by atoms with van der Waals surface area (Å²) in [5, 5.41) is 11.6. The quantitative estimate of drug-likeness (QED) is 0.385. The van der Waals surface area contributed by atoms with Crippen molar-refractivity contribution in [1.29, 1.82) is 0 Å². The summed E-state index contributed by atoms with van der Waals surface area (Å²) in [4.78, 5) is 22.8. The molecule has 2 aromatic heterocycles. The van der Waals surface area contributed by atoms with E-state index >= 15 is 0 Å². The van der Waals surface area contributed by atoms with Crippen LogP contribution in [0.4, 0.5) is 11.6 Å². The summed E-state index contributed by atoms with van der Waals surface area (Å²) >= 11 is 1.55. The zero-order chi connectivity index (χ0) is 23.5. The van der Waals surface area contributed by atoms with Crippen molar-refractivity contribution in [2.75, 3.05) is 10.6 Å². The Hall–Kier alpha value is -3.91. The van der Waals surface area contributed by atoms with Gasteiger partial charge in [0.25, 0.3) is 0 Å². The lowest BCUT2D eigenvalue weighted by Gasteiger charge is -2.33.